The second-order valence-electron chi connectivity index (χ2n) is 13.2. The summed E-state index contributed by atoms with van der Waals surface area (Å²) < 4.78 is 16.5. The van der Waals surface area contributed by atoms with Gasteiger partial charge in [0.1, 0.15) is 13.2 Å². The third-order valence-corrected chi connectivity index (χ3v) is 8.04. The first-order valence-corrected chi connectivity index (χ1v) is 21.1. The monoisotopic (exact) mass is 759 g/mol. The van der Waals surface area contributed by atoms with Gasteiger partial charge in [0.05, 0.1) is 0 Å². The zero-order valence-electron chi connectivity index (χ0n) is 34.6. The smallest absolute Gasteiger partial charge is 0.306 e. The molecule has 306 valence electrons. The lowest BCUT2D eigenvalue weighted by Gasteiger charge is -2.18. The average molecular weight is 759 g/mol. The summed E-state index contributed by atoms with van der Waals surface area (Å²) in [4.78, 5) is 37.6. The van der Waals surface area contributed by atoms with Crippen molar-refractivity contribution in [3.05, 3.63) is 122 Å². The van der Waals surface area contributed by atoms with Crippen LogP contribution in [0.3, 0.4) is 0 Å². The highest BCUT2D eigenvalue weighted by molar-refractivity contribution is 5.71. The van der Waals surface area contributed by atoms with Crippen LogP contribution in [0.2, 0.25) is 0 Å². The molecule has 0 spiro atoms. The summed E-state index contributed by atoms with van der Waals surface area (Å²) in [6, 6.07) is 0. The van der Waals surface area contributed by atoms with Crippen molar-refractivity contribution in [2.24, 2.45) is 0 Å². The molecule has 0 aliphatic heterocycles. The highest BCUT2D eigenvalue weighted by Gasteiger charge is 2.19. The van der Waals surface area contributed by atoms with Crippen molar-refractivity contribution in [2.75, 3.05) is 13.2 Å². The number of unbranched alkanes of at least 4 members (excludes halogenated alkanes) is 7. The zero-order valence-corrected chi connectivity index (χ0v) is 34.6. The maximum absolute atomic E-state index is 12.6. The first-order chi connectivity index (χ1) is 27.0. The third kappa shape index (κ3) is 40.8. The van der Waals surface area contributed by atoms with Crippen LogP contribution in [-0.4, -0.2) is 37.2 Å². The van der Waals surface area contributed by atoms with Gasteiger partial charge in [0.25, 0.3) is 0 Å². The van der Waals surface area contributed by atoms with Crippen LogP contribution in [-0.2, 0) is 28.6 Å². The minimum Gasteiger partial charge on any atom is -0.462 e. The molecule has 0 fully saturated rings. The third-order valence-electron chi connectivity index (χ3n) is 8.04. The Balaban J connectivity index is 4.58. The van der Waals surface area contributed by atoms with Gasteiger partial charge in [-0.05, 0) is 89.9 Å². The fourth-order valence-electron chi connectivity index (χ4n) is 4.97. The van der Waals surface area contributed by atoms with Gasteiger partial charge < -0.3 is 14.2 Å². The first kappa shape index (κ1) is 50.8. The molecular weight excluding hydrogens is 685 g/mol. The molecule has 1 atom stereocenters. The molecule has 55 heavy (non-hydrogen) atoms. The highest BCUT2D eigenvalue weighted by atomic mass is 16.6. The largest absolute Gasteiger partial charge is 0.462 e. The SMILES string of the molecule is CC\C=C/C=C\C=C/C=C\CCCCCCCC(=O)OCC(COC(=O)CCC/C=C\C/C=C\C/C=C\CC)OC(=O)CCC/C=C\C/C=C\C/C=C\CC. The summed E-state index contributed by atoms with van der Waals surface area (Å²) in [5.41, 5.74) is 0. The highest BCUT2D eigenvalue weighted by Crippen LogP contribution is 2.10. The number of hydrogen-bond acceptors (Lipinski definition) is 6. The van der Waals surface area contributed by atoms with Crippen LogP contribution >= 0.6 is 0 Å². The van der Waals surface area contributed by atoms with E-state index in [1.807, 2.05) is 24.3 Å². The minimum atomic E-state index is -0.835. The first-order valence-electron chi connectivity index (χ1n) is 21.1. The molecule has 0 aromatic rings. The van der Waals surface area contributed by atoms with E-state index in [0.717, 1.165) is 96.3 Å². The van der Waals surface area contributed by atoms with E-state index in [1.165, 1.54) is 0 Å². The molecule has 0 aliphatic rings. The van der Waals surface area contributed by atoms with Gasteiger partial charge in [-0.15, -0.1) is 0 Å². The second kappa shape index (κ2) is 42.6. The summed E-state index contributed by atoms with van der Waals surface area (Å²) in [6.07, 6.45) is 57.7. The number of rotatable bonds is 35. The maximum Gasteiger partial charge on any atom is 0.306 e. The summed E-state index contributed by atoms with van der Waals surface area (Å²) in [6.45, 7) is 6.09. The summed E-state index contributed by atoms with van der Waals surface area (Å²) in [5.74, 6) is -1.08. The van der Waals surface area contributed by atoms with Gasteiger partial charge in [-0.2, -0.15) is 0 Å². The number of ether oxygens (including phenoxy) is 3. The maximum atomic E-state index is 12.6. The molecule has 0 saturated heterocycles. The van der Waals surface area contributed by atoms with Crippen LogP contribution in [0.5, 0.6) is 0 Å². The number of allylic oxidation sites excluding steroid dienone is 20. The lowest BCUT2D eigenvalue weighted by Crippen LogP contribution is -2.30. The molecule has 0 rings (SSSR count). The second-order valence-corrected chi connectivity index (χ2v) is 13.2. The van der Waals surface area contributed by atoms with Gasteiger partial charge >= 0.3 is 17.9 Å². The van der Waals surface area contributed by atoms with E-state index in [9.17, 15) is 14.4 Å². The van der Waals surface area contributed by atoms with E-state index in [2.05, 4.69) is 118 Å². The van der Waals surface area contributed by atoms with Crippen molar-refractivity contribution in [1.82, 2.24) is 0 Å². The van der Waals surface area contributed by atoms with Gasteiger partial charge in [0, 0.05) is 19.3 Å². The molecule has 0 heterocycles. The van der Waals surface area contributed by atoms with Crippen LogP contribution in [0, 0.1) is 0 Å². The molecule has 0 aromatic heterocycles. The van der Waals surface area contributed by atoms with Gasteiger partial charge in [-0.25, -0.2) is 0 Å². The van der Waals surface area contributed by atoms with E-state index >= 15 is 0 Å². The Morgan fingerprint density at radius 2 is 0.764 bits per heavy atom. The number of carbonyl (C=O) groups excluding carboxylic acids is 3. The summed E-state index contributed by atoms with van der Waals surface area (Å²) in [5, 5.41) is 0. The van der Waals surface area contributed by atoms with E-state index in [4.69, 9.17) is 14.2 Å². The molecular formula is C49H74O6. The zero-order chi connectivity index (χ0) is 40.1. The van der Waals surface area contributed by atoms with Crippen molar-refractivity contribution < 1.29 is 28.6 Å². The van der Waals surface area contributed by atoms with Crippen molar-refractivity contribution in [3.63, 3.8) is 0 Å². The molecule has 6 nitrogen and oxygen atoms in total. The van der Waals surface area contributed by atoms with Crippen molar-refractivity contribution >= 4 is 17.9 Å². The molecule has 0 N–H and O–H groups in total. The van der Waals surface area contributed by atoms with Crippen LogP contribution in [0.25, 0.3) is 0 Å². The van der Waals surface area contributed by atoms with Crippen molar-refractivity contribution in [3.8, 4) is 0 Å². The van der Waals surface area contributed by atoms with Crippen LogP contribution in [0.4, 0.5) is 0 Å². The number of carbonyl (C=O) groups is 3. The minimum absolute atomic E-state index is 0.131. The molecule has 0 amide bonds. The Labute approximate surface area is 335 Å². The predicted molar refractivity (Wildman–Crippen MR) is 233 cm³/mol. The van der Waals surface area contributed by atoms with Gasteiger partial charge in [0.2, 0.25) is 0 Å². The fourth-order valence-corrected chi connectivity index (χ4v) is 4.97. The lowest BCUT2D eigenvalue weighted by molar-refractivity contribution is -0.167. The summed E-state index contributed by atoms with van der Waals surface area (Å²) in [7, 11) is 0. The van der Waals surface area contributed by atoms with E-state index in [0.29, 0.717) is 19.3 Å². The molecule has 0 radical (unpaired) electrons. The Kier molecular flexibility index (Phi) is 39.3. The molecule has 0 aromatic carbocycles. The van der Waals surface area contributed by atoms with Crippen LogP contribution in [0.15, 0.2) is 122 Å². The Morgan fingerprint density at radius 1 is 0.382 bits per heavy atom. The van der Waals surface area contributed by atoms with Gasteiger partial charge in [-0.1, -0.05) is 162 Å². The standard InChI is InChI=1S/C49H74O6/c1-4-7-10-13-16-19-22-23-24-25-28-30-33-36-39-42-48(51)54-45-46(55-49(52)43-40-37-34-31-27-21-18-15-12-9-6-3)44-53-47(50)41-38-35-32-29-26-20-17-14-11-8-5-2/h7-13,16-24,29,31-32,34,46H,4-6,14-15,25-28,30,33,35-45H2,1-3H3/b10-7-,11-8-,12-9-,16-13-,20-17-,21-18-,22-19-,24-23-,32-29-,34-31-. The van der Waals surface area contributed by atoms with E-state index in [-0.39, 0.29) is 38.0 Å². The number of esters is 3. The van der Waals surface area contributed by atoms with Crippen LogP contribution < -0.4 is 0 Å². The molecule has 1 unspecified atom stereocenters. The summed E-state index contributed by atoms with van der Waals surface area (Å²) >= 11 is 0. The van der Waals surface area contributed by atoms with E-state index in [1.54, 1.807) is 0 Å². The Bertz CT molecular complexity index is 1240. The molecule has 6 heteroatoms. The van der Waals surface area contributed by atoms with E-state index < -0.39 is 12.1 Å². The topological polar surface area (TPSA) is 78.9 Å². The quantitative estimate of drug-likeness (QED) is 0.0210. The molecule has 0 aliphatic carbocycles. The Morgan fingerprint density at radius 3 is 1.29 bits per heavy atom. The van der Waals surface area contributed by atoms with Crippen molar-refractivity contribution in [1.29, 1.82) is 0 Å². The fraction of sp³-hybridized carbons (Fsp3) is 0.531. The van der Waals surface area contributed by atoms with Gasteiger partial charge in [-0.3, -0.25) is 14.4 Å². The van der Waals surface area contributed by atoms with Crippen molar-refractivity contribution in [2.45, 2.75) is 155 Å². The van der Waals surface area contributed by atoms with Crippen LogP contribution in [0.1, 0.15) is 149 Å². The lowest BCUT2D eigenvalue weighted by atomic mass is 10.1. The number of hydrogen-bond donors (Lipinski definition) is 0. The van der Waals surface area contributed by atoms with Gasteiger partial charge in [0.15, 0.2) is 6.10 Å². The Hall–Kier alpha value is -4.19. The normalized spacial score (nSPS) is 13.3. The molecule has 0 bridgehead atoms. The average Bonchev–Trinajstić information content (AvgIpc) is 3.18. The molecule has 0 saturated carbocycles. The predicted octanol–water partition coefficient (Wildman–Crippen LogP) is 13.4.